The van der Waals surface area contributed by atoms with Crippen LogP contribution in [0.15, 0.2) is 22.8 Å². The van der Waals surface area contributed by atoms with Crippen LogP contribution < -0.4 is 5.32 Å². The quantitative estimate of drug-likeness (QED) is 0.804. The largest absolute Gasteiger partial charge is 0.376 e. The Morgan fingerprint density at radius 2 is 2.11 bits per heavy atom. The predicted molar refractivity (Wildman–Crippen MR) is 101 cm³/mol. The van der Waals surface area contributed by atoms with Crippen molar-refractivity contribution in [1.82, 2.24) is 20.5 Å². The van der Waals surface area contributed by atoms with E-state index in [1.54, 1.807) is 0 Å². The third-order valence-electron chi connectivity index (χ3n) is 5.80. The van der Waals surface area contributed by atoms with Crippen LogP contribution in [0.1, 0.15) is 44.1 Å². The highest BCUT2D eigenvalue weighted by atomic mass is 16.6. The fourth-order valence-corrected chi connectivity index (χ4v) is 4.12. The SMILES string of the molecule is O=C(CCC1CCN(Cc2cccc3nonc23)CC1)NC[C@@H]1CCCO1. The molecule has 3 heterocycles. The van der Waals surface area contributed by atoms with Gasteiger partial charge in [-0.2, -0.15) is 0 Å². The predicted octanol–water partition coefficient (Wildman–Crippen LogP) is 2.51. The van der Waals surface area contributed by atoms with Gasteiger partial charge in [0.15, 0.2) is 0 Å². The molecule has 2 aromatic rings. The zero-order chi connectivity index (χ0) is 18.5. The summed E-state index contributed by atoms with van der Waals surface area (Å²) in [5, 5.41) is 11.0. The smallest absolute Gasteiger partial charge is 0.220 e. The summed E-state index contributed by atoms with van der Waals surface area (Å²) in [5.41, 5.74) is 2.85. The van der Waals surface area contributed by atoms with Crippen LogP contribution >= 0.6 is 0 Å². The molecule has 1 amide bonds. The molecule has 0 saturated carbocycles. The van der Waals surface area contributed by atoms with E-state index < -0.39 is 0 Å². The number of fused-ring (bicyclic) bond motifs is 1. The molecule has 0 spiro atoms. The third kappa shape index (κ3) is 4.84. The summed E-state index contributed by atoms with van der Waals surface area (Å²) in [6.45, 7) is 4.49. The summed E-state index contributed by atoms with van der Waals surface area (Å²) in [7, 11) is 0. The zero-order valence-corrected chi connectivity index (χ0v) is 15.7. The minimum atomic E-state index is 0.165. The second-order valence-corrected chi connectivity index (χ2v) is 7.75. The number of amides is 1. The Morgan fingerprint density at radius 3 is 2.93 bits per heavy atom. The average molecular weight is 372 g/mol. The molecule has 2 aliphatic heterocycles. The molecule has 2 saturated heterocycles. The van der Waals surface area contributed by atoms with Gasteiger partial charge >= 0.3 is 0 Å². The van der Waals surface area contributed by atoms with Gasteiger partial charge in [-0.1, -0.05) is 12.1 Å². The van der Waals surface area contributed by atoms with Crippen LogP contribution in [0.2, 0.25) is 0 Å². The number of nitrogens with zero attached hydrogens (tertiary/aromatic N) is 3. The first-order chi connectivity index (χ1) is 13.3. The summed E-state index contributed by atoms with van der Waals surface area (Å²) >= 11 is 0. The highest BCUT2D eigenvalue weighted by Crippen LogP contribution is 2.24. The van der Waals surface area contributed by atoms with Crippen molar-refractivity contribution < 1.29 is 14.2 Å². The fraction of sp³-hybridized carbons (Fsp3) is 0.650. The number of hydrogen-bond donors (Lipinski definition) is 1. The summed E-state index contributed by atoms with van der Waals surface area (Å²) in [6, 6.07) is 6.02. The molecule has 7 heteroatoms. The Morgan fingerprint density at radius 1 is 1.22 bits per heavy atom. The van der Waals surface area contributed by atoms with Gasteiger partial charge < -0.3 is 10.1 Å². The molecule has 0 radical (unpaired) electrons. The van der Waals surface area contributed by atoms with Gasteiger partial charge in [0.1, 0.15) is 11.0 Å². The average Bonchev–Trinajstić information content (AvgIpc) is 3.38. The number of nitrogens with one attached hydrogen (secondary N) is 1. The number of piperidine rings is 1. The number of likely N-dealkylation sites (tertiary alicyclic amines) is 1. The van der Waals surface area contributed by atoms with Gasteiger partial charge in [-0.25, -0.2) is 4.63 Å². The first kappa shape index (κ1) is 18.4. The molecule has 1 N–H and O–H groups in total. The number of carbonyl (C=O) groups is 1. The van der Waals surface area contributed by atoms with Gasteiger partial charge in [-0.3, -0.25) is 9.69 Å². The van der Waals surface area contributed by atoms with Crippen LogP contribution in [0.5, 0.6) is 0 Å². The van der Waals surface area contributed by atoms with Crippen molar-refractivity contribution in [1.29, 1.82) is 0 Å². The molecule has 0 aliphatic carbocycles. The second-order valence-electron chi connectivity index (χ2n) is 7.75. The number of hydrogen-bond acceptors (Lipinski definition) is 6. The van der Waals surface area contributed by atoms with Crippen LogP contribution in [0.4, 0.5) is 0 Å². The van der Waals surface area contributed by atoms with Crippen molar-refractivity contribution in [3.63, 3.8) is 0 Å². The number of carbonyl (C=O) groups excluding carboxylic acids is 1. The summed E-state index contributed by atoms with van der Waals surface area (Å²) < 4.78 is 10.4. The molecule has 146 valence electrons. The highest BCUT2D eigenvalue weighted by molar-refractivity contribution is 5.76. The second kappa shape index (κ2) is 8.80. The lowest BCUT2D eigenvalue weighted by atomic mass is 9.92. The van der Waals surface area contributed by atoms with Gasteiger partial charge in [-0.05, 0) is 73.1 Å². The fourth-order valence-electron chi connectivity index (χ4n) is 4.12. The van der Waals surface area contributed by atoms with E-state index in [1.165, 1.54) is 5.56 Å². The molecule has 2 fully saturated rings. The lowest BCUT2D eigenvalue weighted by molar-refractivity contribution is -0.122. The third-order valence-corrected chi connectivity index (χ3v) is 5.80. The number of rotatable bonds is 7. The molecular formula is C20H28N4O3. The maximum atomic E-state index is 12.0. The van der Waals surface area contributed by atoms with Gasteiger partial charge in [0.05, 0.1) is 6.10 Å². The van der Waals surface area contributed by atoms with E-state index in [1.807, 2.05) is 12.1 Å². The Hall–Kier alpha value is -1.99. The van der Waals surface area contributed by atoms with E-state index in [0.717, 1.165) is 69.4 Å². The molecule has 4 rings (SSSR count). The van der Waals surface area contributed by atoms with Crippen molar-refractivity contribution in [3.8, 4) is 0 Å². The molecule has 2 aliphatic rings. The van der Waals surface area contributed by atoms with Crippen LogP contribution in [0.3, 0.4) is 0 Å². The Balaban J connectivity index is 1.17. The van der Waals surface area contributed by atoms with Crippen LogP contribution in [0.25, 0.3) is 11.0 Å². The molecule has 1 atom stereocenters. The van der Waals surface area contributed by atoms with Crippen molar-refractivity contribution >= 4 is 16.9 Å². The Labute approximate surface area is 159 Å². The van der Waals surface area contributed by atoms with E-state index >= 15 is 0 Å². The summed E-state index contributed by atoms with van der Waals surface area (Å²) in [4.78, 5) is 14.5. The van der Waals surface area contributed by atoms with Crippen molar-refractivity contribution in [2.45, 2.75) is 51.2 Å². The van der Waals surface area contributed by atoms with Crippen molar-refractivity contribution in [2.75, 3.05) is 26.2 Å². The van der Waals surface area contributed by atoms with Gasteiger partial charge in [0.25, 0.3) is 0 Å². The van der Waals surface area contributed by atoms with Crippen LogP contribution in [-0.2, 0) is 16.1 Å². The van der Waals surface area contributed by atoms with Gasteiger partial charge in [0.2, 0.25) is 5.91 Å². The van der Waals surface area contributed by atoms with Gasteiger partial charge in [-0.15, -0.1) is 0 Å². The van der Waals surface area contributed by atoms with Crippen LogP contribution in [0, 0.1) is 5.92 Å². The molecule has 7 nitrogen and oxygen atoms in total. The normalized spacial score (nSPS) is 21.7. The number of ether oxygens (including phenoxy) is 1. The topological polar surface area (TPSA) is 80.5 Å². The van der Waals surface area contributed by atoms with Crippen molar-refractivity contribution in [2.24, 2.45) is 5.92 Å². The van der Waals surface area contributed by atoms with E-state index in [0.29, 0.717) is 18.9 Å². The first-order valence-corrected chi connectivity index (χ1v) is 10.1. The lowest BCUT2D eigenvalue weighted by Crippen LogP contribution is -2.34. The lowest BCUT2D eigenvalue weighted by Gasteiger charge is -2.31. The van der Waals surface area contributed by atoms with Gasteiger partial charge in [0, 0.05) is 26.1 Å². The summed E-state index contributed by atoms with van der Waals surface area (Å²) in [5.74, 6) is 0.803. The minimum Gasteiger partial charge on any atom is -0.376 e. The maximum absolute atomic E-state index is 12.0. The highest BCUT2D eigenvalue weighted by Gasteiger charge is 2.21. The molecule has 27 heavy (non-hydrogen) atoms. The molecule has 1 aromatic heterocycles. The molecule has 0 unspecified atom stereocenters. The van der Waals surface area contributed by atoms with E-state index in [9.17, 15) is 4.79 Å². The molecule has 0 bridgehead atoms. The zero-order valence-electron chi connectivity index (χ0n) is 15.7. The van der Waals surface area contributed by atoms with E-state index in [-0.39, 0.29) is 12.0 Å². The van der Waals surface area contributed by atoms with Crippen molar-refractivity contribution in [3.05, 3.63) is 23.8 Å². The van der Waals surface area contributed by atoms with E-state index in [2.05, 4.69) is 26.6 Å². The molecular weight excluding hydrogens is 344 g/mol. The summed E-state index contributed by atoms with van der Waals surface area (Å²) in [6.07, 6.45) is 6.30. The van der Waals surface area contributed by atoms with E-state index in [4.69, 9.17) is 9.37 Å². The standard InChI is InChI=1S/C20H28N4O3/c25-19(21-13-17-4-2-12-26-17)7-6-15-8-10-24(11-9-15)14-16-3-1-5-18-20(16)23-27-22-18/h1,3,5,15,17H,2,4,6-14H2,(H,21,25)/t17-/m0/s1. The number of benzene rings is 1. The molecule has 1 aromatic carbocycles. The van der Waals surface area contributed by atoms with Crippen LogP contribution in [-0.4, -0.2) is 53.5 Å². The minimum absolute atomic E-state index is 0.165. The maximum Gasteiger partial charge on any atom is 0.220 e. The number of aromatic nitrogens is 2. The Kier molecular flexibility index (Phi) is 5.99. The monoisotopic (exact) mass is 372 g/mol. The first-order valence-electron chi connectivity index (χ1n) is 10.1. The Bertz CT molecular complexity index is 749.